The molecular weight excluding hydrogens is 382 g/mol. The molecule has 4 rings (SSSR count). The Kier molecular flexibility index (Phi) is 4.52. The fourth-order valence-electron chi connectivity index (χ4n) is 3.68. The molecule has 5 heteroatoms. The molecule has 4 nitrogen and oxygen atoms in total. The third kappa shape index (κ3) is 3.31. The number of hydrogen-bond acceptors (Lipinski definition) is 4. The smallest absolute Gasteiger partial charge is 0.174 e. The Morgan fingerprint density at radius 2 is 2.04 bits per heavy atom. The normalized spacial score (nSPS) is 22.7. The molecule has 1 fully saturated rings. The summed E-state index contributed by atoms with van der Waals surface area (Å²) in [5, 5.41) is 0. The number of ether oxygens (including phenoxy) is 2. The summed E-state index contributed by atoms with van der Waals surface area (Å²) < 4.78 is 12.2. The highest BCUT2D eigenvalue weighted by molar-refractivity contribution is 9.10. The minimum Gasteiger partial charge on any atom is -0.497 e. The van der Waals surface area contributed by atoms with Crippen molar-refractivity contribution < 1.29 is 14.3 Å². The summed E-state index contributed by atoms with van der Waals surface area (Å²) in [6.45, 7) is 2.51. The van der Waals surface area contributed by atoms with Crippen LogP contribution in [0.15, 0.2) is 46.9 Å². The molecule has 2 aromatic carbocycles. The Morgan fingerprint density at radius 1 is 1.24 bits per heavy atom. The van der Waals surface area contributed by atoms with Crippen molar-refractivity contribution in [1.29, 1.82) is 0 Å². The van der Waals surface area contributed by atoms with E-state index in [1.165, 1.54) is 5.56 Å². The fourth-order valence-corrected chi connectivity index (χ4v) is 4.05. The van der Waals surface area contributed by atoms with Crippen LogP contribution in [0.3, 0.4) is 0 Å². The number of Topliss-reactive ketones (excluding diaryl/α,β-unsaturated/α-hetero) is 1. The van der Waals surface area contributed by atoms with E-state index in [1.807, 2.05) is 30.3 Å². The molecule has 2 aromatic rings. The standard InChI is InChI=1S/C20H20BrNO3/c1-24-15-5-2-13(3-6-15)11-22-9-8-19-17(12-22)20(23)16-10-14(21)4-7-18(16)25-19/h2-7,10,17,19H,8-9,11-12H2,1H3/t17-,19-/m0/s1. The lowest BCUT2D eigenvalue weighted by molar-refractivity contribution is 0.0267. The molecular formula is C20H20BrNO3. The van der Waals surface area contributed by atoms with Crippen molar-refractivity contribution in [3.8, 4) is 11.5 Å². The number of fused-ring (bicyclic) bond motifs is 2. The van der Waals surface area contributed by atoms with Crippen molar-refractivity contribution in [1.82, 2.24) is 4.90 Å². The van der Waals surface area contributed by atoms with E-state index in [1.54, 1.807) is 7.11 Å². The Balaban J connectivity index is 1.49. The van der Waals surface area contributed by atoms with E-state index in [0.29, 0.717) is 5.56 Å². The predicted molar refractivity (Wildman–Crippen MR) is 99.3 cm³/mol. The number of ketones is 1. The topological polar surface area (TPSA) is 38.8 Å². The number of halogens is 1. The first kappa shape index (κ1) is 16.6. The maximum atomic E-state index is 12.9. The number of likely N-dealkylation sites (tertiary alicyclic amines) is 1. The highest BCUT2D eigenvalue weighted by Gasteiger charge is 2.40. The van der Waals surface area contributed by atoms with E-state index in [-0.39, 0.29) is 17.8 Å². The summed E-state index contributed by atoms with van der Waals surface area (Å²) in [5.41, 5.74) is 1.92. The third-order valence-corrected chi connectivity index (χ3v) is 5.51. The van der Waals surface area contributed by atoms with E-state index in [0.717, 1.165) is 42.0 Å². The maximum Gasteiger partial charge on any atom is 0.174 e. The predicted octanol–water partition coefficient (Wildman–Crippen LogP) is 3.92. The monoisotopic (exact) mass is 401 g/mol. The average molecular weight is 402 g/mol. The molecule has 0 saturated carbocycles. The van der Waals surface area contributed by atoms with E-state index >= 15 is 0 Å². The Hall–Kier alpha value is -1.85. The van der Waals surface area contributed by atoms with Crippen molar-refractivity contribution in [2.75, 3.05) is 20.2 Å². The molecule has 0 unspecified atom stereocenters. The molecule has 2 atom stereocenters. The van der Waals surface area contributed by atoms with Crippen LogP contribution in [0.2, 0.25) is 0 Å². The Labute approximate surface area is 155 Å². The molecule has 1 saturated heterocycles. The van der Waals surface area contributed by atoms with Crippen LogP contribution in [0.5, 0.6) is 11.5 Å². The van der Waals surface area contributed by atoms with Crippen LogP contribution in [0.25, 0.3) is 0 Å². The third-order valence-electron chi connectivity index (χ3n) is 5.02. The van der Waals surface area contributed by atoms with Crippen LogP contribution in [0.1, 0.15) is 22.3 Å². The molecule has 2 aliphatic heterocycles. The van der Waals surface area contributed by atoms with Gasteiger partial charge < -0.3 is 9.47 Å². The van der Waals surface area contributed by atoms with E-state index in [4.69, 9.17) is 9.47 Å². The van der Waals surface area contributed by atoms with Gasteiger partial charge in [0.15, 0.2) is 5.78 Å². The number of rotatable bonds is 3. The summed E-state index contributed by atoms with van der Waals surface area (Å²) in [4.78, 5) is 15.3. The van der Waals surface area contributed by atoms with Crippen LogP contribution in [0, 0.1) is 5.92 Å². The summed E-state index contributed by atoms with van der Waals surface area (Å²) >= 11 is 3.45. The lowest BCUT2D eigenvalue weighted by Gasteiger charge is -2.40. The number of carbonyl (C=O) groups is 1. The highest BCUT2D eigenvalue weighted by atomic mass is 79.9. The molecule has 0 aromatic heterocycles. The second kappa shape index (κ2) is 6.81. The number of piperidine rings is 1. The van der Waals surface area contributed by atoms with Crippen LogP contribution < -0.4 is 9.47 Å². The SMILES string of the molecule is COc1ccc(CN2CC[C@@H]3Oc4ccc(Br)cc4C(=O)[C@H]3C2)cc1. The summed E-state index contributed by atoms with van der Waals surface area (Å²) in [5.74, 6) is 1.69. The van der Waals surface area contributed by atoms with Gasteiger partial charge in [0.05, 0.1) is 18.6 Å². The lowest BCUT2D eigenvalue weighted by Crippen LogP contribution is -2.50. The summed E-state index contributed by atoms with van der Waals surface area (Å²) in [6, 6.07) is 13.8. The second-order valence-electron chi connectivity index (χ2n) is 6.64. The molecule has 0 radical (unpaired) electrons. The van der Waals surface area contributed by atoms with Gasteiger partial charge in [-0.05, 0) is 42.3 Å². The molecule has 0 bridgehead atoms. The number of hydrogen-bond donors (Lipinski definition) is 0. The van der Waals surface area contributed by atoms with Gasteiger partial charge in [-0.3, -0.25) is 9.69 Å². The van der Waals surface area contributed by atoms with Gasteiger partial charge >= 0.3 is 0 Å². The van der Waals surface area contributed by atoms with Gasteiger partial charge in [0.2, 0.25) is 0 Å². The fraction of sp³-hybridized carbons (Fsp3) is 0.350. The number of methoxy groups -OCH3 is 1. The van der Waals surface area contributed by atoms with Gasteiger partial charge in [-0.15, -0.1) is 0 Å². The van der Waals surface area contributed by atoms with Gasteiger partial charge in [0, 0.05) is 24.1 Å². The molecule has 2 aliphatic rings. The zero-order valence-corrected chi connectivity index (χ0v) is 15.7. The van der Waals surface area contributed by atoms with Gasteiger partial charge in [-0.2, -0.15) is 0 Å². The van der Waals surface area contributed by atoms with Crippen LogP contribution in [-0.4, -0.2) is 37.0 Å². The van der Waals surface area contributed by atoms with Crippen molar-refractivity contribution in [2.45, 2.75) is 19.1 Å². The van der Waals surface area contributed by atoms with Crippen molar-refractivity contribution in [3.05, 3.63) is 58.1 Å². The van der Waals surface area contributed by atoms with E-state index in [9.17, 15) is 4.79 Å². The van der Waals surface area contributed by atoms with E-state index < -0.39 is 0 Å². The van der Waals surface area contributed by atoms with Crippen LogP contribution in [0.4, 0.5) is 0 Å². The van der Waals surface area contributed by atoms with Crippen molar-refractivity contribution in [2.24, 2.45) is 5.92 Å². The van der Waals surface area contributed by atoms with Gasteiger partial charge in [-0.25, -0.2) is 0 Å². The molecule has 0 aliphatic carbocycles. The zero-order chi connectivity index (χ0) is 17.4. The molecule has 25 heavy (non-hydrogen) atoms. The van der Waals surface area contributed by atoms with Gasteiger partial charge in [-0.1, -0.05) is 28.1 Å². The van der Waals surface area contributed by atoms with Crippen molar-refractivity contribution >= 4 is 21.7 Å². The van der Waals surface area contributed by atoms with Crippen LogP contribution in [-0.2, 0) is 6.54 Å². The quantitative estimate of drug-likeness (QED) is 0.780. The second-order valence-corrected chi connectivity index (χ2v) is 7.56. The Bertz CT molecular complexity index is 790. The first-order valence-corrected chi connectivity index (χ1v) is 9.29. The first-order valence-electron chi connectivity index (χ1n) is 8.50. The zero-order valence-electron chi connectivity index (χ0n) is 14.1. The van der Waals surface area contributed by atoms with Crippen LogP contribution >= 0.6 is 15.9 Å². The highest BCUT2D eigenvalue weighted by Crippen LogP contribution is 2.36. The molecule has 0 amide bonds. The van der Waals surface area contributed by atoms with Crippen molar-refractivity contribution in [3.63, 3.8) is 0 Å². The molecule has 0 N–H and O–H groups in total. The minimum absolute atomic E-state index is 0.00621. The summed E-state index contributed by atoms with van der Waals surface area (Å²) in [7, 11) is 1.67. The molecule has 130 valence electrons. The van der Waals surface area contributed by atoms with Gasteiger partial charge in [0.1, 0.15) is 17.6 Å². The molecule has 0 spiro atoms. The number of benzene rings is 2. The minimum atomic E-state index is -0.0891. The lowest BCUT2D eigenvalue weighted by atomic mass is 9.84. The number of nitrogens with zero attached hydrogens (tertiary/aromatic N) is 1. The number of carbonyl (C=O) groups excluding carboxylic acids is 1. The van der Waals surface area contributed by atoms with Gasteiger partial charge in [0.25, 0.3) is 0 Å². The largest absolute Gasteiger partial charge is 0.497 e. The average Bonchev–Trinajstić information content (AvgIpc) is 2.64. The first-order chi connectivity index (χ1) is 12.1. The molecule has 2 heterocycles. The summed E-state index contributed by atoms with van der Waals surface area (Å²) in [6.07, 6.45) is 0.871. The maximum absolute atomic E-state index is 12.9. The Morgan fingerprint density at radius 3 is 2.80 bits per heavy atom. The van der Waals surface area contributed by atoms with E-state index in [2.05, 4.69) is 33.0 Å².